The Kier molecular flexibility index (Phi) is 5.55. The van der Waals surface area contributed by atoms with Gasteiger partial charge in [0, 0.05) is 37.3 Å². The molecular weight excluding hydrogens is 346 g/mol. The van der Waals surface area contributed by atoms with E-state index in [4.69, 9.17) is 5.73 Å². The number of carbonyl (C=O) groups excluding carboxylic acids is 1. The second-order valence-corrected chi connectivity index (χ2v) is 7.53. The number of nitrogens with zero attached hydrogens (tertiary/aromatic N) is 2. The summed E-state index contributed by atoms with van der Waals surface area (Å²) < 4.78 is 23.7. The van der Waals surface area contributed by atoms with Crippen molar-refractivity contribution < 1.29 is 13.2 Å². The summed E-state index contributed by atoms with van der Waals surface area (Å²) in [6.07, 6.45) is 1.10. The molecule has 1 amide bonds. The number of aromatic nitrogens is 2. The second kappa shape index (κ2) is 7.45. The Hall–Kier alpha value is -2.72. The molecule has 1 heterocycles. The molecule has 0 aliphatic carbocycles. The third-order valence-corrected chi connectivity index (χ3v) is 4.77. The van der Waals surface area contributed by atoms with Gasteiger partial charge in [0.05, 0.1) is 11.9 Å². The standard InChI is InChI=1S/C15H19N5O4S/c1-20(25(2,23)24)7-6-17-14(22)11-5-3-4-10(8-11)12-9-13(21)19-15(16)18-12/h3-5,8-9H,6-7H2,1-2H3,(H,17,22)(H3,16,18,19,21). The predicted molar refractivity (Wildman–Crippen MR) is 94.5 cm³/mol. The number of nitrogens with one attached hydrogen (secondary N) is 2. The SMILES string of the molecule is CN(CCNC(=O)c1cccc(-c2cc(=O)[nH]c(N)n2)c1)S(C)(=O)=O. The molecule has 1 aromatic heterocycles. The highest BCUT2D eigenvalue weighted by Gasteiger charge is 2.12. The summed E-state index contributed by atoms with van der Waals surface area (Å²) in [7, 11) is -1.85. The van der Waals surface area contributed by atoms with Gasteiger partial charge in [-0.25, -0.2) is 17.7 Å². The fraction of sp³-hybridized carbons (Fsp3) is 0.267. The van der Waals surface area contributed by atoms with E-state index in [9.17, 15) is 18.0 Å². The lowest BCUT2D eigenvalue weighted by Gasteiger charge is -2.14. The predicted octanol–water partition coefficient (Wildman–Crippen LogP) is -0.360. The van der Waals surface area contributed by atoms with E-state index in [-0.39, 0.29) is 30.5 Å². The van der Waals surface area contributed by atoms with E-state index in [2.05, 4.69) is 15.3 Å². The smallest absolute Gasteiger partial charge is 0.252 e. The number of H-pyrrole nitrogens is 1. The third-order valence-electron chi connectivity index (χ3n) is 3.46. The van der Waals surface area contributed by atoms with Crippen molar-refractivity contribution in [1.82, 2.24) is 19.6 Å². The first-order valence-electron chi connectivity index (χ1n) is 7.33. The second-order valence-electron chi connectivity index (χ2n) is 5.44. The number of sulfonamides is 1. The number of rotatable bonds is 6. The van der Waals surface area contributed by atoms with Gasteiger partial charge in [-0.3, -0.25) is 14.6 Å². The summed E-state index contributed by atoms with van der Waals surface area (Å²) in [5.74, 6) is -0.372. The lowest BCUT2D eigenvalue weighted by atomic mass is 10.1. The molecule has 9 nitrogen and oxygen atoms in total. The number of nitrogen functional groups attached to an aromatic ring is 1. The maximum atomic E-state index is 12.2. The lowest BCUT2D eigenvalue weighted by Crippen LogP contribution is -2.35. The Balaban J connectivity index is 2.10. The van der Waals surface area contributed by atoms with Crippen molar-refractivity contribution in [3.05, 3.63) is 46.2 Å². The van der Waals surface area contributed by atoms with E-state index in [0.29, 0.717) is 16.8 Å². The molecule has 0 aliphatic heterocycles. The third kappa shape index (κ3) is 5.13. The maximum Gasteiger partial charge on any atom is 0.252 e. The van der Waals surface area contributed by atoms with E-state index in [1.54, 1.807) is 24.3 Å². The Labute approximate surface area is 144 Å². The van der Waals surface area contributed by atoms with Crippen molar-refractivity contribution in [1.29, 1.82) is 0 Å². The molecule has 0 unspecified atom stereocenters. The average molecular weight is 365 g/mol. The molecule has 2 rings (SSSR count). The van der Waals surface area contributed by atoms with Crippen LogP contribution in [0.5, 0.6) is 0 Å². The zero-order valence-corrected chi connectivity index (χ0v) is 14.6. The summed E-state index contributed by atoms with van der Waals surface area (Å²) in [6, 6.07) is 7.84. The van der Waals surface area contributed by atoms with Crippen molar-refractivity contribution in [2.75, 3.05) is 32.1 Å². The fourth-order valence-corrected chi connectivity index (χ4v) is 2.46. The van der Waals surface area contributed by atoms with E-state index in [0.717, 1.165) is 10.6 Å². The monoisotopic (exact) mass is 365 g/mol. The van der Waals surface area contributed by atoms with Crippen LogP contribution < -0.4 is 16.6 Å². The highest BCUT2D eigenvalue weighted by Crippen LogP contribution is 2.17. The van der Waals surface area contributed by atoms with Gasteiger partial charge >= 0.3 is 0 Å². The number of amides is 1. The van der Waals surface area contributed by atoms with Crippen LogP contribution in [0.4, 0.5) is 5.95 Å². The summed E-state index contributed by atoms with van der Waals surface area (Å²) in [4.78, 5) is 30.1. The fourth-order valence-electron chi connectivity index (χ4n) is 2.04. The molecule has 25 heavy (non-hydrogen) atoms. The molecule has 4 N–H and O–H groups in total. The molecule has 2 aromatic rings. The highest BCUT2D eigenvalue weighted by molar-refractivity contribution is 7.88. The summed E-state index contributed by atoms with van der Waals surface area (Å²) in [6.45, 7) is 0.333. The molecule has 134 valence electrons. The van der Waals surface area contributed by atoms with Crippen LogP contribution in [0.1, 0.15) is 10.4 Å². The van der Waals surface area contributed by atoms with Crippen LogP contribution in [-0.4, -0.2) is 55.0 Å². The lowest BCUT2D eigenvalue weighted by molar-refractivity contribution is 0.0952. The molecule has 10 heteroatoms. The number of hydrogen-bond donors (Lipinski definition) is 3. The van der Waals surface area contributed by atoms with Crippen molar-refractivity contribution in [2.45, 2.75) is 0 Å². The number of nitrogens with two attached hydrogens (primary N) is 1. The first-order valence-corrected chi connectivity index (χ1v) is 9.18. The van der Waals surface area contributed by atoms with Crippen molar-refractivity contribution in [2.24, 2.45) is 0 Å². The Morgan fingerprint density at radius 3 is 2.72 bits per heavy atom. The van der Waals surface area contributed by atoms with Gasteiger partial charge in [0.25, 0.3) is 11.5 Å². The van der Waals surface area contributed by atoms with Gasteiger partial charge in [0.2, 0.25) is 16.0 Å². The molecule has 0 atom stereocenters. The van der Waals surface area contributed by atoms with Crippen LogP contribution in [0.2, 0.25) is 0 Å². The van der Waals surface area contributed by atoms with Gasteiger partial charge in [0.1, 0.15) is 0 Å². The summed E-state index contributed by atoms with van der Waals surface area (Å²) in [5.41, 5.74) is 6.42. The zero-order chi connectivity index (χ0) is 18.6. The van der Waals surface area contributed by atoms with Crippen molar-refractivity contribution in [3.8, 4) is 11.3 Å². The molecule has 0 radical (unpaired) electrons. The molecule has 0 saturated carbocycles. The number of benzene rings is 1. The van der Waals surface area contributed by atoms with Gasteiger partial charge in [-0.15, -0.1) is 0 Å². The molecular formula is C15H19N5O4S. The Morgan fingerprint density at radius 2 is 2.08 bits per heavy atom. The number of carbonyl (C=O) groups is 1. The van der Waals surface area contributed by atoms with Gasteiger partial charge in [-0.05, 0) is 12.1 Å². The minimum absolute atomic E-state index is 0.0128. The van der Waals surface area contributed by atoms with Crippen molar-refractivity contribution in [3.63, 3.8) is 0 Å². The number of aromatic amines is 1. The quantitative estimate of drug-likeness (QED) is 0.639. The first-order chi connectivity index (χ1) is 11.7. The minimum atomic E-state index is -3.29. The number of hydrogen-bond acceptors (Lipinski definition) is 6. The van der Waals surface area contributed by atoms with Gasteiger partial charge in [-0.2, -0.15) is 0 Å². The van der Waals surface area contributed by atoms with E-state index in [1.807, 2.05) is 0 Å². The number of anilines is 1. The van der Waals surface area contributed by atoms with Crippen LogP contribution in [0.3, 0.4) is 0 Å². The molecule has 0 spiro atoms. The average Bonchev–Trinajstić information content (AvgIpc) is 2.53. The van der Waals surface area contributed by atoms with Crippen LogP contribution in [-0.2, 0) is 10.0 Å². The molecule has 0 aliphatic rings. The molecule has 0 saturated heterocycles. The summed E-state index contributed by atoms with van der Waals surface area (Å²) >= 11 is 0. The highest BCUT2D eigenvalue weighted by atomic mass is 32.2. The minimum Gasteiger partial charge on any atom is -0.369 e. The van der Waals surface area contributed by atoms with Crippen LogP contribution in [0.25, 0.3) is 11.3 Å². The van der Waals surface area contributed by atoms with Gasteiger partial charge < -0.3 is 11.1 Å². The number of likely N-dealkylation sites (N-methyl/N-ethyl adjacent to an activating group) is 1. The van der Waals surface area contributed by atoms with Crippen LogP contribution >= 0.6 is 0 Å². The van der Waals surface area contributed by atoms with E-state index < -0.39 is 10.0 Å². The van der Waals surface area contributed by atoms with Gasteiger partial charge in [0.15, 0.2) is 0 Å². The van der Waals surface area contributed by atoms with E-state index in [1.165, 1.54) is 13.1 Å². The first kappa shape index (κ1) is 18.6. The summed E-state index contributed by atoms with van der Waals surface area (Å²) in [5, 5.41) is 2.65. The normalized spacial score (nSPS) is 11.5. The van der Waals surface area contributed by atoms with Crippen LogP contribution in [0.15, 0.2) is 35.1 Å². The topological polar surface area (TPSA) is 138 Å². The van der Waals surface area contributed by atoms with Crippen molar-refractivity contribution >= 4 is 21.9 Å². The van der Waals surface area contributed by atoms with Gasteiger partial charge in [-0.1, -0.05) is 12.1 Å². The van der Waals surface area contributed by atoms with Crippen LogP contribution in [0, 0.1) is 0 Å². The molecule has 0 fully saturated rings. The van der Waals surface area contributed by atoms with E-state index >= 15 is 0 Å². The molecule has 1 aromatic carbocycles. The molecule has 0 bridgehead atoms. The maximum absolute atomic E-state index is 12.2. The Bertz CT molecular complexity index is 939. The zero-order valence-electron chi connectivity index (χ0n) is 13.8. The Morgan fingerprint density at radius 1 is 1.36 bits per heavy atom. The largest absolute Gasteiger partial charge is 0.369 e.